The molecule has 0 aliphatic heterocycles. The van der Waals surface area contributed by atoms with Crippen LogP contribution in [-0.4, -0.2) is 31.2 Å². The van der Waals surface area contributed by atoms with Crippen molar-refractivity contribution < 1.29 is 4.79 Å². The molecule has 0 fully saturated rings. The fourth-order valence-corrected chi connectivity index (χ4v) is 2.17. The molecule has 0 saturated carbocycles. The number of Topliss-reactive ketones (excluding diaryl/α,β-unsaturated/α-hetero) is 1. The lowest BCUT2D eigenvalue weighted by atomic mass is 10.2. The SMILES string of the molecule is CC(=O)C(C)Sc1nnnn1Cc1ccccc1. The molecule has 6 heteroatoms. The number of hydrogen-bond donors (Lipinski definition) is 0. The summed E-state index contributed by atoms with van der Waals surface area (Å²) in [5.41, 5.74) is 1.13. The summed E-state index contributed by atoms with van der Waals surface area (Å²) in [6, 6.07) is 9.96. The van der Waals surface area contributed by atoms with Gasteiger partial charge in [0, 0.05) is 0 Å². The highest BCUT2D eigenvalue weighted by atomic mass is 32.2. The lowest BCUT2D eigenvalue weighted by Crippen LogP contribution is -2.11. The van der Waals surface area contributed by atoms with Gasteiger partial charge < -0.3 is 0 Å². The van der Waals surface area contributed by atoms with E-state index in [2.05, 4.69) is 15.5 Å². The van der Waals surface area contributed by atoms with Crippen LogP contribution in [0.4, 0.5) is 0 Å². The van der Waals surface area contributed by atoms with Crippen molar-refractivity contribution in [3.63, 3.8) is 0 Å². The van der Waals surface area contributed by atoms with Gasteiger partial charge in [0.15, 0.2) is 0 Å². The Labute approximate surface area is 110 Å². The van der Waals surface area contributed by atoms with E-state index in [9.17, 15) is 4.79 Å². The van der Waals surface area contributed by atoms with E-state index in [0.717, 1.165) is 5.56 Å². The summed E-state index contributed by atoms with van der Waals surface area (Å²) < 4.78 is 1.71. The summed E-state index contributed by atoms with van der Waals surface area (Å²) in [6.07, 6.45) is 0. The van der Waals surface area contributed by atoms with Crippen LogP contribution in [0.1, 0.15) is 19.4 Å². The highest BCUT2D eigenvalue weighted by Crippen LogP contribution is 2.21. The molecule has 1 heterocycles. The molecular formula is C12H14N4OS. The molecule has 0 amide bonds. The Balaban J connectivity index is 2.11. The van der Waals surface area contributed by atoms with Gasteiger partial charge in [-0.25, -0.2) is 4.68 Å². The summed E-state index contributed by atoms with van der Waals surface area (Å²) in [6.45, 7) is 4.04. The van der Waals surface area contributed by atoms with Gasteiger partial charge in [-0.3, -0.25) is 4.79 Å². The molecule has 1 atom stereocenters. The third-order valence-corrected chi connectivity index (χ3v) is 3.72. The monoisotopic (exact) mass is 262 g/mol. The topological polar surface area (TPSA) is 60.7 Å². The first-order chi connectivity index (χ1) is 8.66. The molecule has 0 bridgehead atoms. The Hall–Kier alpha value is -1.69. The largest absolute Gasteiger partial charge is 0.299 e. The smallest absolute Gasteiger partial charge is 0.210 e. The Kier molecular flexibility index (Phi) is 4.09. The summed E-state index contributed by atoms with van der Waals surface area (Å²) in [5.74, 6) is 0.120. The van der Waals surface area contributed by atoms with Crippen LogP contribution >= 0.6 is 11.8 Å². The second-order valence-electron chi connectivity index (χ2n) is 3.98. The number of benzene rings is 1. The molecule has 0 aliphatic rings. The minimum atomic E-state index is -0.134. The molecule has 2 rings (SSSR count). The lowest BCUT2D eigenvalue weighted by Gasteiger charge is -2.07. The van der Waals surface area contributed by atoms with Crippen molar-refractivity contribution in [3.8, 4) is 0 Å². The molecule has 0 saturated heterocycles. The van der Waals surface area contributed by atoms with E-state index in [1.54, 1.807) is 11.6 Å². The third-order valence-electron chi connectivity index (χ3n) is 2.53. The Morgan fingerprint density at radius 2 is 2.11 bits per heavy atom. The highest BCUT2D eigenvalue weighted by molar-refractivity contribution is 8.00. The maximum atomic E-state index is 11.2. The second-order valence-corrected chi connectivity index (χ2v) is 5.28. The van der Waals surface area contributed by atoms with E-state index in [-0.39, 0.29) is 11.0 Å². The van der Waals surface area contributed by atoms with Crippen molar-refractivity contribution >= 4 is 17.5 Å². The van der Waals surface area contributed by atoms with Crippen LogP contribution in [-0.2, 0) is 11.3 Å². The van der Waals surface area contributed by atoms with Gasteiger partial charge in [0.1, 0.15) is 5.78 Å². The van der Waals surface area contributed by atoms with Crippen LogP contribution in [0.5, 0.6) is 0 Å². The normalized spacial score (nSPS) is 12.3. The van der Waals surface area contributed by atoms with E-state index in [4.69, 9.17) is 0 Å². The van der Waals surface area contributed by atoms with Crippen molar-refractivity contribution in [2.45, 2.75) is 30.8 Å². The first kappa shape index (κ1) is 12.8. The number of hydrogen-bond acceptors (Lipinski definition) is 5. The van der Waals surface area contributed by atoms with Gasteiger partial charge in [0.2, 0.25) is 5.16 Å². The number of carbonyl (C=O) groups is 1. The fraction of sp³-hybridized carbons (Fsp3) is 0.333. The minimum absolute atomic E-state index is 0.120. The highest BCUT2D eigenvalue weighted by Gasteiger charge is 2.15. The van der Waals surface area contributed by atoms with Crippen molar-refractivity contribution in [1.29, 1.82) is 0 Å². The predicted molar refractivity (Wildman–Crippen MR) is 69.4 cm³/mol. The molecule has 0 N–H and O–H groups in total. The molecule has 0 spiro atoms. The number of nitrogens with zero attached hydrogens (tertiary/aromatic N) is 4. The lowest BCUT2D eigenvalue weighted by molar-refractivity contribution is -0.116. The average Bonchev–Trinajstić information content (AvgIpc) is 2.78. The minimum Gasteiger partial charge on any atom is -0.299 e. The van der Waals surface area contributed by atoms with Crippen LogP contribution in [0.3, 0.4) is 0 Å². The number of tetrazole rings is 1. The van der Waals surface area contributed by atoms with Crippen LogP contribution < -0.4 is 0 Å². The molecule has 1 aromatic heterocycles. The van der Waals surface area contributed by atoms with Gasteiger partial charge in [0.05, 0.1) is 11.8 Å². The van der Waals surface area contributed by atoms with Gasteiger partial charge in [-0.1, -0.05) is 42.1 Å². The molecule has 18 heavy (non-hydrogen) atoms. The first-order valence-electron chi connectivity index (χ1n) is 5.64. The summed E-state index contributed by atoms with van der Waals surface area (Å²) in [4.78, 5) is 11.2. The van der Waals surface area contributed by atoms with Crippen molar-refractivity contribution in [1.82, 2.24) is 20.2 Å². The zero-order chi connectivity index (χ0) is 13.0. The van der Waals surface area contributed by atoms with Gasteiger partial charge >= 0.3 is 0 Å². The zero-order valence-corrected chi connectivity index (χ0v) is 11.1. The average molecular weight is 262 g/mol. The third kappa shape index (κ3) is 3.16. The van der Waals surface area contributed by atoms with Crippen LogP contribution in [0.25, 0.3) is 0 Å². The maximum Gasteiger partial charge on any atom is 0.210 e. The number of ketones is 1. The van der Waals surface area contributed by atoms with Gasteiger partial charge in [-0.15, -0.1) is 5.10 Å². The summed E-state index contributed by atoms with van der Waals surface area (Å²) in [7, 11) is 0. The molecule has 5 nitrogen and oxygen atoms in total. The van der Waals surface area contributed by atoms with Crippen LogP contribution in [0.2, 0.25) is 0 Å². The molecule has 94 valence electrons. The molecule has 1 aromatic carbocycles. The Morgan fingerprint density at radius 1 is 1.39 bits per heavy atom. The summed E-state index contributed by atoms with van der Waals surface area (Å²) in [5, 5.41) is 12.1. The predicted octanol–water partition coefficient (Wildman–Crippen LogP) is 1.79. The molecule has 0 radical (unpaired) electrons. The zero-order valence-electron chi connectivity index (χ0n) is 10.3. The standard InChI is InChI=1S/C12H14N4OS/c1-9(17)10(2)18-12-13-14-15-16(12)8-11-6-4-3-5-7-11/h3-7,10H,8H2,1-2H3. The van der Waals surface area contributed by atoms with Crippen LogP contribution in [0.15, 0.2) is 35.5 Å². The van der Waals surface area contributed by atoms with E-state index >= 15 is 0 Å². The van der Waals surface area contributed by atoms with E-state index in [0.29, 0.717) is 11.7 Å². The summed E-state index contributed by atoms with van der Waals surface area (Å²) >= 11 is 1.38. The molecule has 2 aromatic rings. The molecule has 0 aliphatic carbocycles. The van der Waals surface area contributed by atoms with Crippen LogP contribution in [0, 0.1) is 0 Å². The molecular weight excluding hydrogens is 248 g/mol. The number of thioether (sulfide) groups is 1. The molecule has 1 unspecified atom stereocenters. The Bertz CT molecular complexity index is 526. The maximum absolute atomic E-state index is 11.2. The first-order valence-corrected chi connectivity index (χ1v) is 6.52. The van der Waals surface area contributed by atoms with Crippen molar-refractivity contribution in [3.05, 3.63) is 35.9 Å². The quantitative estimate of drug-likeness (QED) is 0.769. The van der Waals surface area contributed by atoms with Gasteiger partial charge in [0.25, 0.3) is 0 Å². The Morgan fingerprint density at radius 3 is 2.78 bits per heavy atom. The number of carbonyl (C=O) groups excluding carboxylic acids is 1. The van der Waals surface area contributed by atoms with E-state index < -0.39 is 0 Å². The second kappa shape index (κ2) is 5.77. The fourth-order valence-electron chi connectivity index (χ4n) is 1.38. The van der Waals surface area contributed by atoms with Crippen molar-refractivity contribution in [2.75, 3.05) is 0 Å². The van der Waals surface area contributed by atoms with Gasteiger partial charge in [-0.05, 0) is 29.8 Å². The van der Waals surface area contributed by atoms with Gasteiger partial charge in [-0.2, -0.15) is 0 Å². The number of rotatable bonds is 5. The van der Waals surface area contributed by atoms with E-state index in [1.807, 2.05) is 37.3 Å². The number of aromatic nitrogens is 4. The van der Waals surface area contributed by atoms with Crippen molar-refractivity contribution in [2.24, 2.45) is 0 Å². The van der Waals surface area contributed by atoms with E-state index in [1.165, 1.54) is 11.8 Å².